The highest BCUT2D eigenvalue weighted by atomic mass is 16.3. The van der Waals surface area contributed by atoms with E-state index in [0.29, 0.717) is 23.7 Å². The Morgan fingerprint density at radius 2 is 1.50 bits per heavy atom. The lowest BCUT2D eigenvalue weighted by molar-refractivity contribution is 0.102. The molecular formula is C23H22O. The van der Waals surface area contributed by atoms with Gasteiger partial charge in [-0.3, -0.25) is 0 Å². The van der Waals surface area contributed by atoms with Crippen molar-refractivity contribution < 1.29 is 5.11 Å². The molecule has 0 unspecified atom stereocenters. The van der Waals surface area contributed by atoms with Crippen molar-refractivity contribution in [1.29, 1.82) is 0 Å². The Kier molecular flexibility index (Phi) is 3.08. The van der Waals surface area contributed by atoms with Crippen LogP contribution in [0.5, 0.6) is 0 Å². The lowest BCUT2D eigenvalue weighted by Crippen LogP contribution is -2.35. The van der Waals surface area contributed by atoms with Gasteiger partial charge in [0, 0.05) is 0 Å². The molecular weight excluding hydrogens is 292 g/mol. The minimum Gasteiger partial charge on any atom is -0.376 e. The van der Waals surface area contributed by atoms with Crippen LogP contribution in [0.2, 0.25) is 0 Å². The van der Waals surface area contributed by atoms with Gasteiger partial charge in [-0.1, -0.05) is 78.9 Å². The van der Waals surface area contributed by atoms with Crippen molar-refractivity contribution in [2.24, 2.45) is 23.7 Å². The Bertz CT molecular complexity index is 763. The third kappa shape index (κ3) is 1.85. The minimum atomic E-state index is -1.00. The fraction of sp³-hybridized carbons (Fsp3) is 0.304. The molecule has 0 amide bonds. The summed E-state index contributed by atoms with van der Waals surface area (Å²) in [7, 11) is 0. The van der Waals surface area contributed by atoms with Crippen LogP contribution in [0.15, 0.2) is 84.5 Å². The molecule has 0 saturated heterocycles. The molecule has 0 aromatic heterocycles. The Morgan fingerprint density at radius 3 is 2.12 bits per heavy atom. The lowest BCUT2D eigenvalue weighted by Gasteiger charge is -2.37. The number of fused-ring (bicyclic) bond motifs is 5. The topological polar surface area (TPSA) is 20.2 Å². The molecule has 120 valence electrons. The van der Waals surface area contributed by atoms with E-state index in [1.165, 1.54) is 18.4 Å². The highest BCUT2D eigenvalue weighted by Gasteiger charge is 2.53. The summed E-state index contributed by atoms with van der Waals surface area (Å²) in [5.41, 5.74) is 2.19. The van der Waals surface area contributed by atoms with Crippen LogP contribution >= 0.6 is 0 Å². The molecule has 2 bridgehead atoms. The molecule has 3 aliphatic carbocycles. The Hall–Kier alpha value is -2.12. The van der Waals surface area contributed by atoms with Crippen LogP contribution < -0.4 is 0 Å². The first-order valence-corrected chi connectivity index (χ1v) is 9.01. The van der Waals surface area contributed by atoms with Crippen LogP contribution in [0.3, 0.4) is 0 Å². The van der Waals surface area contributed by atoms with Gasteiger partial charge in [-0.2, -0.15) is 0 Å². The standard InChI is InChI=1S/C23H22O/c24-23(17-8-3-1-4-9-17,18-10-5-2-6-11-18)22-15-16-14-21(22)20-13-7-12-19(16)20/h1-12,15-16,19-21,24H,13-14H2/t16-,19+,20-,21-/m0/s1. The van der Waals surface area contributed by atoms with Gasteiger partial charge in [0.25, 0.3) is 0 Å². The summed E-state index contributed by atoms with van der Waals surface area (Å²) in [6, 6.07) is 20.4. The van der Waals surface area contributed by atoms with Gasteiger partial charge in [0.2, 0.25) is 0 Å². The summed E-state index contributed by atoms with van der Waals surface area (Å²) in [5.74, 6) is 2.50. The highest BCUT2D eigenvalue weighted by Crippen LogP contribution is 2.60. The average molecular weight is 314 g/mol. The fourth-order valence-electron chi connectivity index (χ4n) is 5.35. The maximum atomic E-state index is 12.0. The molecule has 3 aliphatic rings. The Labute approximate surface area is 143 Å². The molecule has 1 heteroatoms. The minimum absolute atomic E-state index is 0.500. The second kappa shape index (κ2) is 5.19. The molecule has 4 atom stereocenters. The molecule has 0 aliphatic heterocycles. The molecule has 2 aromatic carbocycles. The number of benzene rings is 2. The van der Waals surface area contributed by atoms with Crippen molar-refractivity contribution in [3.8, 4) is 0 Å². The first kappa shape index (κ1) is 14.2. The molecule has 5 rings (SSSR count). The maximum absolute atomic E-state index is 12.0. The number of allylic oxidation sites excluding steroid dienone is 3. The van der Waals surface area contributed by atoms with Gasteiger partial charge in [-0.05, 0) is 53.2 Å². The molecule has 0 heterocycles. The van der Waals surface area contributed by atoms with Crippen molar-refractivity contribution in [2.45, 2.75) is 18.4 Å². The van der Waals surface area contributed by atoms with Crippen LogP contribution in [0.4, 0.5) is 0 Å². The van der Waals surface area contributed by atoms with Gasteiger partial charge >= 0.3 is 0 Å². The summed E-state index contributed by atoms with van der Waals surface area (Å²) in [4.78, 5) is 0. The average Bonchev–Trinajstić information content (AvgIpc) is 3.35. The lowest BCUT2D eigenvalue weighted by atomic mass is 9.70. The normalized spacial score (nSPS) is 30.5. The van der Waals surface area contributed by atoms with Gasteiger partial charge in [0.15, 0.2) is 0 Å². The van der Waals surface area contributed by atoms with Gasteiger partial charge in [-0.25, -0.2) is 0 Å². The zero-order valence-electron chi connectivity index (χ0n) is 13.7. The fourth-order valence-corrected chi connectivity index (χ4v) is 5.35. The first-order valence-electron chi connectivity index (χ1n) is 9.01. The predicted molar refractivity (Wildman–Crippen MR) is 96.3 cm³/mol. The third-order valence-electron chi connectivity index (χ3n) is 6.39. The SMILES string of the molecule is OC(C1=C[C@@H]2C[C@H]1[C@H]1CC=C[C@@H]12)(c1ccccc1)c1ccccc1. The highest BCUT2D eigenvalue weighted by molar-refractivity contribution is 5.49. The van der Waals surface area contributed by atoms with E-state index in [-0.39, 0.29) is 0 Å². The van der Waals surface area contributed by atoms with E-state index in [9.17, 15) is 5.11 Å². The van der Waals surface area contributed by atoms with Crippen LogP contribution in [0.25, 0.3) is 0 Å². The second-order valence-corrected chi connectivity index (χ2v) is 7.48. The van der Waals surface area contributed by atoms with Gasteiger partial charge < -0.3 is 5.11 Å². The smallest absolute Gasteiger partial charge is 0.136 e. The van der Waals surface area contributed by atoms with Crippen LogP contribution in [0, 0.1) is 23.7 Å². The molecule has 1 fully saturated rings. The number of hydrogen-bond donors (Lipinski definition) is 1. The summed E-state index contributed by atoms with van der Waals surface area (Å²) in [6.07, 6.45) is 9.52. The molecule has 24 heavy (non-hydrogen) atoms. The Morgan fingerprint density at radius 1 is 0.875 bits per heavy atom. The summed E-state index contributed by atoms with van der Waals surface area (Å²) >= 11 is 0. The maximum Gasteiger partial charge on any atom is 0.136 e. The number of hydrogen-bond acceptors (Lipinski definition) is 1. The molecule has 2 aromatic rings. The summed E-state index contributed by atoms with van der Waals surface area (Å²) in [5, 5.41) is 12.0. The van der Waals surface area contributed by atoms with Crippen molar-refractivity contribution in [3.05, 3.63) is 95.6 Å². The molecule has 1 nitrogen and oxygen atoms in total. The van der Waals surface area contributed by atoms with E-state index in [0.717, 1.165) is 11.1 Å². The Balaban J connectivity index is 1.67. The van der Waals surface area contributed by atoms with Crippen LogP contribution in [0.1, 0.15) is 24.0 Å². The zero-order valence-corrected chi connectivity index (χ0v) is 13.7. The number of rotatable bonds is 3. The molecule has 1 saturated carbocycles. The molecule has 0 radical (unpaired) electrons. The van der Waals surface area contributed by atoms with Crippen LogP contribution in [-0.2, 0) is 5.60 Å². The van der Waals surface area contributed by atoms with Crippen molar-refractivity contribution in [3.63, 3.8) is 0 Å². The van der Waals surface area contributed by atoms with Crippen molar-refractivity contribution in [1.82, 2.24) is 0 Å². The van der Waals surface area contributed by atoms with E-state index in [4.69, 9.17) is 0 Å². The monoisotopic (exact) mass is 314 g/mol. The van der Waals surface area contributed by atoms with E-state index >= 15 is 0 Å². The van der Waals surface area contributed by atoms with Gasteiger partial charge in [0.1, 0.15) is 5.60 Å². The van der Waals surface area contributed by atoms with E-state index in [2.05, 4.69) is 42.5 Å². The quantitative estimate of drug-likeness (QED) is 0.815. The predicted octanol–water partition coefficient (Wildman–Crippen LogP) is 4.69. The van der Waals surface area contributed by atoms with E-state index in [1.807, 2.05) is 36.4 Å². The zero-order chi connectivity index (χ0) is 16.1. The second-order valence-electron chi connectivity index (χ2n) is 7.48. The van der Waals surface area contributed by atoms with Crippen molar-refractivity contribution in [2.75, 3.05) is 0 Å². The number of aliphatic hydroxyl groups is 1. The summed E-state index contributed by atoms with van der Waals surface area (Å²) < 4.78 is 0. The van der Waals surface area contributed by atoms with Gasteiger partial charge in [-0.15, -0.1) is 0 Å². The molecule has 0 spiro atoms. The largest absolute Gasteiger partial charge is 0.376 e. The first-order chi connectivity index (χ1) is 11.8. The van der Waals surface area contributed by atoms with E-state index in [1.54, 1.807) is 0 Å². The van der Waals surface area contributed by atoms with Gasteiger partial charge in [0.05, 0.1) is 0 Å². The molecule has 1 N–H and O–H groups in total. The van der Waals surface area contributed by atoms with E-state index < -0.39 is 5.60 Å². The summed E-state index contributed by atoms with van der Waals surface area (Å²) in [6.45, 7) is 0. The third-order valence-corrected chi connectivity index (χ3v) is 6.39. The van der Waals surface area contributed by atoms with Crippen LogP contribution in [-0.4, -0.2) is 5.11 Å². The van der Waals surface area contributed by atoms with Crippen molar-refractivity contribution >= 4 is 0 Å².